The summed E-state index contributed by atoms with van der Waals surface area (Å²) in [5.74, 6) is -1.78. The van der Waals surface area contributed by atoms with Gasteiger partial charge in [0.05, 0.1) is 36.1 Å². The van der Waals surface area contributed by atoms with Crippen LogP contribution in [0.1, 0.15) is 25.8 Å². The fraction of sp³-hybridized carbons (Fsp3) is 0.281. The van der Waals surface area contributed by atoms with Crippen molar-refractivity contribution < 1.29 is 32.3 Å². The Balaban J connectivity index is 1.55. The Morgan fingerprint density at radius 3 is 2.40 bits per heavy atom. The van der Waals surface area contributed by atoms with Gasteiger partial charge in [0.2, 0.25) is 10.0 Å². The Hall–Kier alpha value is -4.90. The molecule has 0 unspecified atom stereocenters. The summed E-state index contributed by atoms with van der Waals surface area (Å²) >= 11 is 0. The third-order valence-electron chi connectivity index (χ3n) is 7.46. The van der Waals surface area contributed by atoms with Crippen molar-refractivity contribution in [3.63, 3.8) is 0 Å². The van der Waals surface area contributed by atoms with Crippen molar-refractivity contribution >= 4 is 33.9 Å². The van der Waals surface area contributed by atoms with Crippen molar-refractivity contribution in [1.29, 1.82) is 5.26 Å². The SMILES string of the molecule is CC(=O)OCCCN1C(=O)C(C#N)=C(C)/C(=C\c2cn(-c3ccccc3)nc2-c2ccc(S(=O)(=O)N3CCOCC3)cc2)C1=O. The van der Waals surface area contributed by atoms with E-state index in [1.54, 1.807) is 36.0 Å². The first-order valence-corrected chi connectivity index (χ1v) is 15.7. The van der Waals surface area contributed by atoms with Gasteiger partial charge in [0.1, 0.15) is 11.6 Å². The first-order valence-electron chi connectivity index (χ1n) is 14.3. The Morgan fingerprint density at radius 2 is 1.76 bits per heavy atom. The molecule has 2 aliphatic heterocycles. The molecular formula is C32H31N5O7S. The number of esters is 1. The Kier molecular flexibility index (Phi) is 9.38. The Morgan fingerprint density at radius 1 is 1.07 bits per heavy atom. The molecule has 13 heteroatoms. The first-order chi connectivity index (χ1) is 21.6. The third-order valence-corrected chi connectivity index (χ3v) is 9.37. The van der Waals surface area contributed by atoms with Crippen molar-refractivity contribution in [2.45, 2.75) is 25.2 Å². The minimum Gasteiger partial charge on any atom is -0.466 e. The lowest BCUT2D eigenvalue weighted by molar-refractivity contribution is -0.141. The van der Waals surface area contributed by atoms with Gasteiger partial charge in [-0.1, -0.05) is 30.3 Å². The second-order valence-corrected chi connectivity index (χ2v) is 12.3. The molecule has 3 aromatic rings. The van der Waals surface area contributed by atoms with E-state index in [-0.39, 0.29) is 54.3 Å². The largest absolute Gasteiger partial charge is 0.466 e. The van der Waals surface area contributed by atoms with Crippen LogP contribution in [0.4, 0.5) is 0 Å². The molecule has 2 aliphatic rings. The van der Waals surface area contributed by atoms with Gasteiger partial charge in [0.25, 0.3) is 11.8 Å². The molecule has 2 aromatic carbocycles. The van der Waals surface area contributed by atoms with E-state index in [1.807, 2.05) is 36.4 Å². The number of hydrogen-bond donors (Lipinski definition) is 0. The zero-order chi connectivity index (χ0) is 32.1. The summed E-state index contributed by atoms with van der Waals surface area (Å²) < 4.78 is 39.6. The topological polar surface area (TPSA) is 152 Å². The van der Waals surface area contributed by atoms with Crippen LogP contribution in [0.5, 0.6) is 0 Å². The molecule has 0 bridgehead atoms. The first kappa shape index (κ1) is 31.5. The molecule has 5 rings (SSSR count). The summed E-state index contributed by atoms with van der Waals surface area (Å²) in [6.45, 7) is 4.00. The molecule has 0 aliphatic carbocycles. The fourth-order valence-electron chi connectivity index (χ4n) is 5.08. The van der Waals surface area contributed by atoms with Gasteiger partial charge in [-0.2, -0.15) is 14.7 Å². The molecule has 3 heterocycles. The number of carbonyl (C=O) groups excluding carboxylic acids is 3. The number of rotatable bonds is 9. The number of para-hydroxylation sites is 1. The van der Waals surface area contributed by atoms with Crippen LogP contribution in [-0.4, -0.2) is 84.6 Å². The lowest BCUT2D eigenvalue weighted by Gasteiger charge is -2.27. The summed E-state index contributed by atoms with van der Waals surface area (Å²) in [6.07, 6.45) is 3.52. The highest BCUT2D eigenvalue weighted by Crippen LogP contribution is 2.32. The number of nitrogens with zero attached hydrogens (tertiary/aromatic N) is 5. The van der Waals surface area contributed by atoms with Gasteiger partial charge >= 0.3 is 5.97 Å². The molecule has 2 amide bonds. The summed E-state index contributed by atoms with van der Waals surface area (Å²) in [5.41, 5.74) is 2.52. The second-order valence-electron chi connectivity index (χ2n) is 10.4. The van der Waals surface area contributed by atoms with E-state index in [1.165, 1.54) is 23.4 Å². The molecule has 0 saturated carbocycles. The van der Waals surface area contributed by atoms with Crippen LogP contribution >= 0.6 is 0 Å². The maximum Gasteiger partial charge on any atom is 0.302 e. The van der Waals surface area contributed by atoms with Crippen LogP contribution < -0.4 is 0 Å². The van der Waals surface area contributed by atoms with Crippen LogP contribution in [0.3, 0.4) is 0 Å². The average molecular weight is 630 g/mol. The number of ether oxygens (including phenoxy) is 2. The standard InChI is InChI=1S/C32H31N5O7S/c1-22-28(31(39)36(32(40)29(22)20-33)13-6-16-44-23(2)38)19-25-21-37(26-7-4-3-5-8-26)34-30(25)24-9-11-27(12-10-24)45(41,42)35-14-17-43-18-15-35/h3-5,7-12,19,21H,6,13-18H2,1-2H3/b28-19+. The van der Waals surface area contributed by atoms with Gasteiger partial charge < -0.3 is 9.47 Å². The van der Waals surface area contributed by atoms with E-state index >= 15 is 0 Å². The van der Waals surface area contributed by atoms with E-state index in [0.717, 1.165) is 10.6 Å². The monoisotopic (exact) mass is 629 g/mol. The highest BCUT2D eigenvalue weighted by atomic mass is 32.2. The van der Waals surface area contributed by atoms with E-state index in [0.29, 0.717) is 30.0 Å². The molecule has 0 N–H and O–H groups in total. The van der Waals surface area contributed by atoms with Crippen molar-refractivity contribution in [2.75, 3.05) is 39.5 Å². The normalized spacial score (nSPS) is 17.1. The van der Waals surface area contributed by atoms with E-state index < -0.39 is 27.8 Å². The molecule has 1 fully saturated rings. The second kappa shape index (κ2) is 13.4. The predicted molar refractivity (Wildman–Crippen MR) is 163 cm³/mol. The summed E-state index contributed by atoms with van der Waals surface area (Å²) in [6, 6.07) is 17.6. The van der Waals surface area contributed by atoms with Crippen LogP contribution in [0.2, 0.25) is 0 Å². The number of aromatic nitrogens is 2. The maximum absolute atomic E-state index is 13.6. The van der Waals surface area contributed by atoms with Crippen molar-refractivity contribution in [3.8, 4) is 23.0 Å². The molecule has 12 nitrogen and oxygen atoms in total. The lowest BCUT2D eigenvalue weighted by atomic mass is 9.93. The minimum atomic E-state index is -3.71. The highest BCUT2D eigenvalue weighted by Gasteiger charge is 2.35. The number of amides is 2. The number of sulfonamides is 1. The van der Waals surface area contributed by atoms with E-state index in [2.05, 4.69) is 0 Å². The smallest absolute Gasteiger partial charge is 0.302 e. The third kappa shape index (κ3) is 6.63. The number of carbonyl (C=O) groups is 3. The van der Waals surface area contributed by atoms with Crippen LogP contribution in [0.25, 0.3) is 23.0 Å². The van der Waals surface area contributed by atoms with Crippen LogP contribution in [-0.2, 0) is 33.9 Å². The molecule has 1 saturated heterocycles. The van der Waals surface area contributed by atoms with Crippen LogP contribution in [0.15, 0.2) is 82.4 Å². The number of benzene rings is 2. The van der Waals surface area contributed by atoms with Crippen molar-refractivity contribution in [2.24, 2.45) is 0 Å². The Bertz CT molecular complexity index is 1830. The molecule has 0 spiro atoms. The molecule has 45 heavy (non-hydrogen) atoms. The minimum absolute atomic E-state index is 0.0152. The highest BCUT2D eigenvalue weighted by molar-refractivity contribution is 7.89. The summed E-state index contributed by atoms with van der Waals surface area (Å²) in [4.78, 5) is 38.9. The van der Waals surface area contributed by atoms with Crippen LogP contribution in [0, 0.1) is 11.3 Å². The number of hydrogen-bond acceptors (Lipinski definition) is 9. The van der Waals surface area contributed by atoms with Crippen molar-refractivity contribution in [3.05, 3.63) is 83.1 Å². The number of imide groups is 1. The van der Waals surface area contributed by atoms with E-state index in [9.17, 15) is 28.1 Å². The molecule has 0 atom stereocenters. The molecule has 1 aromatic heterocycles. The van der Waals surface area contributed by atoms with Gasteiger partial charge in [0.15, 0.2) is 0 Å². The quantitative estimate of drug-likeness (QED) is 0.150. The van der Waals surface area contributed by atoms with Gasteiger partial charge in [-0.15, -0.1) is 0 Å². The zero-order valence-electron chi connectivity index (χ0n) is 24.8. The predicted octanol–water partition coefficient (Wildman–Crippen LogP) is 3.11. The fourth-order valence-corrected chi connectivity index (χ4v) is 6.49. The lowest BCUT2D eigenvalue weighted by Crippen LogP contribution is -2.43. The average Bonchev–Trinajstić information content (AvgIpc) is 3.47. The summed E-state index contributed by atoms with van der Waals surface area (Å²) in [5, 5.41) is 14.6. The Labute approximate surface area is 260 Å². The maximum atomic E-state index is 13.6. The van der Waals surface area contributed by atoms with Gasteiger partial charge in [-0.25, -0.2) is 13.1 Å². The van der Waals surface area contributed by atoms with Gasteiger partial charge in [0, 0.05) is 49.5 Å². The number of morpholine rings is 1. The molecule has 0 radical (unpaired) electrons. The molecule has 232 valence electrons. The summed E-state index contributed by atoms with van der Waals surface area (Å²) in [7, 11) is -3.71. The van der Waals surface area contributed by atoms with Gasteiger partial charge in [-0.3, -0.25) is 19.3 Å². The zero-order valence-corrected chi connectivity index (χ0v) is 25.6. The van der Waals surface area contributed by atoms with Gasteiger partial charge in [-0.05, 0) is 49.3 Å². The number of nitriles is 1. The van der Waals surface area contributed by atoms with E-state index in [4.69, 9.17) is 14.6 Å². The molecular weight excluding hydrogens is 598 g/mol. The van der Waals surface area contributed by atoms with Crippen molar-refractivity contribution in [1.82, 2.24) is 19.0 Å².